The molecule has 1 saturated heterocycles. The van der Waals surface area contributed by atoms with Gasteiger partial charge in [-0.15, -0.1) is 0 Å². The van der Waals surface area contributed by atoms with Crippen LogP contribution in [0.2, 0.25) is 0 Å². The first-order chi connectivity index (χ1) is 12.1. The SMILES string of the molecule is CCOC(=O)[C@H]1C(=O)NC(N2CCOCC2)=N[C@H]1c1ccccc1C. The van der Waals surface area contributed by atoms with Crippen molar-refractivity contribution in [3.8, 4) is 0 Å². The van der Waals surface area contributed by atoms with Crippen molar-refractivity contribution in [3.05, 3.63) is 35.4 Å². The van der Waals surface area contributed by atoms with Crippen LogP contribution in [-0.4, -0.2) is 55.6 Å². The van der Waals surface area contributed by atoms with Gasteiger partial charge >= 0.3 is 5.97 Å². The maximum Gasteiger partial charge on any atom is 0.321 e. The number of hydrogen-bond donors (Lipinski definition) is 1. The molecule has 2 heterocycles. The minimum atomic E-state index is -0.981. The summed E-state index contributed by atoms with van der Waals surface area (Å²) in [5.74, 6) is -1.39. The van der Waals surface area contributed by atoms with Gasteiger partial charge in [-0.05, 0) is 25.0 Å². The van der Waals surface area contributed by atoms with E-state index in [0.717, 1.165) is 11.1 Å². The molecule has 3 rings (SSSR count). The number of hydrogen-bond acceptors (Lipinski definition) is 6. The lowest BCUT2D eigenvalue weighted by molar-refractivity contribution is -0.153. The molecule has 25 heavy (non-hydrogen) atoms. The summed E-state index contributed by atoms with van der Waals surface area (Å²) in [5, 5.41) is 2.78. The number of carbonyl (C=O) groups excluding carboxylic acids is 2. The number of guanidine groups is 1. The van der Waals surface area contributed by atoms with Crippen LogP contribution < -0.4 is 5.32 Å². The molecule has 0 spiro atoms. The maximum absolute atomic E-state index is 12.7. The third kappa shape index (κ3) is 3.66. The van der Waals surface area contributed by atoms with E-state index in [1.54, 1.807) is 6.92 Å². The third-order valence-electron chi connectivity index (χ3n) is 4.45. The van der Waals surface area contributed by atoms with E-state index in [1.165, 1.54) is 0 Å². The van der Waals surface area contributed by atoms with E-state index in [-0.39, 0.29) is 12.5 Å². The van der Waals surface area contributed by atoms with Crippen LogP contribution in [0.1, 0.15) is 24.1 Å². The van der Waals surface area contributed by atoms with Crippen molar-refractivity contribution in [2.24, 2.45) is 10.9 Å². The topological polar surface area (TPSA) is 80.2 Å². The van der Waals surface area contributed by atoms with Gasteiger partial charge in [0.05, 0.1) is 19.8 Å². The van der Waals surface area contributed by atoms with Crippen molar-refractivity contribution in [1.82, 2.24) is 10.2 Å². The Kier molecular flexibility index (Phi) is 5.33. The van der Waals surface area contributed by atoms with Crippen molar-refractivity contribution in [3.63, 3.8) is 0 Å². The molecular formula is C18H23N3O4. The smallest absolute Gasteiger partial charge is 0.321 e. The zero-order chi connectivity index (χ0) is 17.8. The highest BCUT2D eigenvalue weighted by molar-refractivity contribution is 6.08. The van der Waals surface area contributed by atoms with Crippen molar-refractivity contribution in [2.45, 2.75) is 19.9 Å². The van der Waals surface area contributed by atoms with Gasteiger partial charge in [-0.1, -0.05) is 24.3 Å². The minimum absolute atomic E-state index is 0.225. The monoisotopic (exact) mass is 345 g/mol. The summed E-state index contributed by atoms with van der Waals surface area (Å²) in [4.78, 5) is 31.8. The zero-order valence-electron chi connectivity index (χ0n) is 14.5. The predicted octanol–water partition coefficient (Wildman–Crippen LogP) is 1.03. The van der Waals surface area contributed by atoms with Gasteiger partial charge in [-0.25, -0.2) is 4.99 Å². The Hall–Kier alpha value is -2.41. The lowest BCUT2D eigenvalue weighted by atomic mass is 9.89. The molecule has 2 aliphatic heterocycles. The standard InChI is InChI=1S/C18H23N3O4/c1-3-25-17(23)14-15(13-7-5-4-6-12(13)2)19-18(20-16(14)22)21-8-10-24-11-9-21/h4-7,14-15H,3,8-11H2,1-2H3,(H,19,20,22)/t14-,15+/m1/s1. The number of nitrogens with one attached hydrogen (secondary N) is 1. The van der Waals surface area contributed by atoms with Gasteiger partial charge in [-0.3, -0.25) is 14.9 Å². The molecule has 7 nitrogen and oxygen atoms in total. The number of aliphatic imine (C=N–C) groups is 1. The van der Waals surface area contributed by atoms with E-state index in [2.05, 4.69) is 5.32 Å². The van der Waals surface area contributed by atoms with Crippen LogP contribution in [0, 0.1) is 12.8 Å². The van der Waals surface area contributed by atoms with E-state index in [4.69, 9.17) is 14.5 Å². The molecule has 0 saturated carbocycles. The van der Waals surface area contributed by atoms with Gasteiger partial charge in [-0.2, -0.15) is 0 Å². The van der Waals surface area contributed by atoms with E-state index in [0.29, 0.717) is 32.3 Å². The fourth-order valence-electron chi connectivity index (χ4n) is 3.14. The van der Waals surface area contributed by atoms with Crippen LogP contribution in [0.25, 0.3) is 0 Å². The second-order valence-corrected chi connectivity index (χ2v) is 6.07. The molecule has 0 unspecified atom stereocenters. The normalized spacial score (nSPS) is 23.7. The van der Waals surface area contributed by atoms with Crippen LogP contribution in [0.5, 0.6) is 0 Å². The molecule has 134 valence electrons. The molecule has 2 atom stereocenters. The van der Waals surface area contributed by atoms with Crippen LogP contribution in [0.15, 0.2) is 29.3 Å². The number of rotatable bonds is 3. The van der Waals surface area contributed by atoms with E-state index < -0.39 is 17.9 Å². The highest BCUT2D eigenvalue weighted by Crippen LogP contribution is 2.32. The summed E-state index contributed by atoms with van der Waals surface area (Å²) in [7, 11) is 0. The predicted molar refractivity (Wildman–Crippen MR) is 92.0 cm³/mol. The molecule has 1 amide bonds. The van der Waals surface area contributed by atoms with Crippen LogP contribution in [0.4, 0.5) is 0 Å². The summed E-state index contributed by atoms with van der Waals surface area (Å²) in [6.07, 6.45) is 0. The van der Waals surface area contributed by atoms with Gasteiger partial charge in [0.25, 0.3) is 0 Å². The summed E-state index contributed by atoms with van der Waals surface area (Å²) >= 11 is 0. The second kappa shape index (κ2) is 7.65. The summed E-state index contributed by atoms with van der Waals surface area (Å²) in [5.41, 5.74) is 1.85. The number of benzene rings is 1. The first kappa shape index (κ1) is 17.4. The van der Waals surface area contributed by atoms with Crippen LogP contribution >= 0.6 is 0 Å². The lowest BCUT2D eigenvalue weighted by Gasteiger charge is -2.35. The number of nitrogens with zero attached hydrogens (tertiary/aromatic N) is 2. The molecular weight excluding hydrogens is 322 g/mol. The van der Waals surface area contributed by atoms with E-state index in [1.807, 2.05) is 36.1 Å². The molecule has 2 aliphatic rings. The Balaban J connectivity index is 1.99. The number of esters is 1. The quantitative estimate of drug-likeness (QED) is 0.654. The Morgan fingerprint density at radius 3 is 2.76 bits per heavy atom. The first-order valence-corrected chi connectivity index (χ1v) is 8.55. The molecule has 0 aliphatic carbocycles. The fraction of sp³-hybridized carbons (Fsp3) is 0.500. The van der Waals surface area contributed by atoms with Crippen molar-refractivity contribution < 1.29 is 19.1 Å². The molecule has 1 N–H and O–H groups in total. The second-order valence-electron chi connectivity index (χ2n) is 6.07. The number of carbonyl (C=O) groups is 2. The number of ether oxygens (including phenoxy) is 2. The molecule has 7 heteroatoms. The molecule has 0 bridgehead atoms. The minimum Gasteiger partial charge on any atom is -0.465 e. The first-order valence-electron chi connectivity index (χ1n) is 8.55. The average Bonchev–Trinajstić information content (AvgIpc) is 2.62. The average molecular weight is 345 g/mol. The Bertz CT molecular complexity index is 683. The maximum atomic E-state index is 12.7. The van der Waals surface area contributed by atoms with Crippen LogP contribution in [-0.2, 0) is 19.1 Å². The molecule has 1 aromatic carbocycles. The largest absolute Gasteiger partial charge is 0.465 e. The highest BCUT2D eigenvalue weighted by Gasteiger charge is 2.42. The van der Waals surface area contributed by atoms with E-state index in [9.17, 15) is 9.59 Å². The van der Waals surface area contributed by atoms with Crippen molar-refractivity contribution >= 4 is 17.8 Å². The van der Waals surface area contributed by atoms with Crippen molar-refractivity contribution in [2.75, 3.05) is 32.9 Å². The summed E-state index contributed by atoms with van der Waals surface area (Å²) in [6, 6.07) is 7.08. The Labute approximate surface area is 147 Å². The van der Waals surface area contributed by atoms with Gasteiger partial charge in [0, 0.05) is 13.1 Å². The summed E-state index contributed by atoms with van der Waals surface area (Å²) < 4.78 is 10.5. The molecule has 1 fully saturated rings. The molecule has 0 aromatic heterocycles. The third-order valence-corrected chi connectivity index (χ3v) is 4.45. The molecule has 1 aromatic rings. The summed E-state index contributed by atoms with van der Waals surface area (Å²) in [6.45, 7) is 6.39. The molecule has 0 radical (unpaired) electrons. The highest BCUT2D eigenvalue weighted by atomic mass is 16.5. The van der Waals surface area contributed by atoms with E-state index >= 15 is 0 Å². The van der Waals surface area contributed by atoms with Crippen molar-refractivity contribution in [1.29, 1.82) is 0 Å². The van der Waals surface area contributed by atoms with Gasteiger partial charge in [0.1, 0.15) is 6.04 Å². The number of aryl methyl sites for hydroxylation is 1. The fourth-order valence-corrected chi connectivity index (χ4v) is 3.14. The number of amides is 1. The van der Waals surface area contributed by atoms with Gasteiger partial charge in [0.2, 0.25) is 11.9 Å². The Morgan fingerprint density at radius 2 is 2.08 bits per heavy atom. The van der Waals surface area contributed by atoms with Gasteiger partial charge < -0.3 is 14.4 Å². The van der Waals surface area contributed by atoms with Crippen LogP contribution in [0.3, 0.4) is 0 Å². The Morgan fingerprint density at radius 1 is 1.36 bits per heavy atom. The zero-order valence-corrected chi connectivity index (χ0v) is 14.5. The van der Waals surface area contributed by atoms with Gasteiger partial charge in [0.15, 0.2) is 5.92 Å². The number of morpholine rings is 1. The lowest BCUT2D eigenvalue weighted by Crippen LogP contribution is -2.55.